The van der Waals surface area contributed by atoms with Crippen LogP contribution in [-0.2, 0) is 22.7 Å². The standard InChI is InChI=1S/C12H18N4O3/c1-8-3-2-4-10(8)12(19)13-5-9-6-16(15-14-9)7-11(17)18/h6,8,10H,2-5,7H2,1H3,(H,13,19)(H,17,18). The van der Waals surface area contributed by atoms with Crippen molar-refractivity contribution in [3.05, 3.63) is 11.9 Å². The Morgan fingerprint density at radius 2 is 2.32 bits per heavy atom. The molecule has 1 aliphatic carbocycles. The monoisotopic (exact) mass is 266 g/mol. The second-order valence-corrected chi connectivity index (χ2v) is 5.03. The van der Waals surface area contributed by atoms with Crippen molar-refractivity contribution in [2.24, 2.45) is 11.8 Å². The number of aliphatic carboxylic acids is 1. The van der Waals surface area contributed by atoms with E-state index in [0.29, 0.717) is 18.2 Å². The van der Waals surface area contributed by atoms with Gasteiger partial charge in [-0.25, -0.2) is 4.68 Å². The van der Waals surface area contributed by atoms with Gasteiger partial charge in [0, 0.05) is 5.92 Å². The van der Waals surface area contributed by atoms with Crippen molar-refractivity contribution in [3.63, 3.8) is 0 Å². The highest BCUT2D eigenvalue weighted by molar-refractivity contribution is 5.79. The Labute approximate surface area is 111 Å². The van der Waals surface area contributed by atoms with Gasteiger partial charge in [0.1, 0.15) is 12.2 Å². The number of rotatable bonds is 5. The molecule has 0 bridgehead atoms. The van der Waals surface area contributed by atoms with E-state index in [2.05, 4.69) is 22.6 Å². The van der Waals surface area contributed by atoms with Gasteiger partial charge >= 0.3 is 5.97 Å². The number of carboxylic acids is 1. The molecule has 1 aliphatic rings. The minimum absolute atomic E-state index is 0.0535. The van der Waals surface area contributed by atoms with Crippen LogP contribution >= 0.6 is 0 Å². The average molecular weight is 266 g/mol. The van der Waals surface area contributed by atoms with Crippen LogP contribution in [0.3, 0.4) is 0 Å². The lowest BCUT2D eigenvalue weighted by molar-refractivity contribution is -0.138. The molecule has 0 radical (unpaired) electrons. The molecule has 0 aromatic carbocycles. The number of carbonyl (C=O) groups excluding carboxylic acids is 1. The Hall–Kier alpha value is -1.92. The first-order valence-corrected chi connectivity index (χ1v) is 6.45. The van der Waals surface area contributed by atoms with E-state index in [-0.39, 0.29) is 18.4 Å². The molecule has 2 unspecified atom stereocenters. The fraction of sp³-hybridized carbons (Fsp3) is 0.667. The Balaban J connectivity index is 1.83. The van der Waals surface area contributed by atoms with Gasteiger partial charge in [-0.2, -0.15) is 0 Å². The van der Waals surface area contributed by atoms with E-state index in [1.807, 2.05) is 0 Å². The summed E-state index contributed by atoms with van der Waals surface area (Å²) in [5.41, 5.74) is 0.570. The predicted octanol–water partition coefficient (Wildman–Crippen LogP) is 0.415. The van der Waals surface area contributed by atoms with Crippen molar-refractivity contribution in [1.82, 2.24) is 20.3 Å². The van der Waals surface area contributed by atoms with Gasteiger partial charge in [-0.15, -0.1) is 5.10 Å². The third kappa shape index (κ3) is 3.52. The Morgan fingerprint density at radius 1 is 1.53 bits per heavy atom. The number of hydrogen-bond donors (Lipinski definition) is 2. The van der Waals surface area contributed by atoms with Gasteiger partial charge in [0.05, 0.1) is 12.7 Å². The van der Waals surface area contributed by atoms with Crippen molar-refractivity contribution in [1.29, 1.82) is 0 Å². The van der Waals surface area contributed by atoms with Gasteiger partial charge in [0.25, 0.3) is 0 Å². The predicted molar refractivity (Wildman–Crippen MR) is 66.0 cm³/mol. The molecule has 1 heterocycles. The number of carboxylic acid groups (broad SMARTS) is 1. The second-order valence-electron chi connectivity index (χ2n) is 5.03. The molecule has 0 spiro atoms. The lowest BCUT2D eigenvalue weighted by atomic mass is 9.97. The molecule has 1 aromatic rings. The molecule has 0 saturated heterocycles. The molecule has 1 saturated carbocycles. The summed E-state index contributed by atoms with van der Waals surface area (Å²) in [7, 11) is 0. The first-order chi connectivity index (χ1) is 9.06. The van der Waals surface area contributed by atoms with Gasteiger partial charge < -0.3 is 10.4 Å². The van der Waals surface area contributed by atoms with Crippen molar-refractivity contribution in [3.8, 4) is 0 Å². The van der Waals surface area contributed by atoms with E-state index < -0.39 is 5.97 Å². The van der Waals surface area contributed by atoms with E-state index >= 15 is 0 Å². The van der Waals surface area contributed by atoms with Gasteiger partial charge in [-0.1, -0.05) is 18.6 Å². The Bertz CT molecular complexity index is 471. The van der Waals surface area contributed by atoms with Crippen LogP contribution in [-0.4, -0.2) is 32.0 Å². The van der Waals surface area contributed by atoms with Crippen LogP contribution in [0, 0.1) is 11.8 Å². The molecule has 7 heteroatoms. The summed E-state index contributed by atoms with van der Waals surface area (Å²) in [6, 6.07) is 0. The third-order valence-corrected chi connectivity index (χ3v) is 3.53. The minimum atomic E-state index is -0.972. The van der Waals surface area contributed by atoms with Crippen LogP contribution in [0.25, 0.3) is 0 Å². The van der Waals surface area contributed by atoms with Crippen LogP contribution in [0.15, 0.2) is 6.20 Å². The van der Waals surface area contributed by atoms with Crippen LogP contribution in [0.5, 0.6) is 0 Å². The van der Waals surface area contributed by atoms with Crippen molar-refractivity contribution >= 4 is 11.9 Å². The number of aromatic nitrogens is 3. The zero-order chi connectivity index (χ0) is 13.8. The van der Waals surface area contributed by atoms with E-state index in [4.69, 9.17) is 5.11 Å². The first kappa shape index (κ1) is 13.5. The topological polar surface area (TPSA) is 97.1 Å². The number of amides is 1. The summed E-state index contributed by atoms with van der Waals surface area (Å²) in [6.07, 6.45) is 4.69. The van der Waals surface area contributed by atoms with Gasteiger partial charge in [0.15, 0.2) is 0 Å². The maximum atomic E-state index is 12.0. The number of hydrogen-bond acceptors (Lipinski definition) is 4. The lowest BCUT2D eigenvalue weighted by Crippen LogP contribution is -2.31. The van der Waals surface area contributed by atoms with Crippen molar-refractivity contribution in [2.45, 2.75) is 39.3 Å². The summed E-state index contributed by atoms with van der Waals surface area (Å²) in [6.45, 7) is 2.17. The summed E-state index contributed by atoms with van der Waals surface area (Å²) in [5.74, 6) is -0.394. The molecule has 1 fully saturated rings. The molecule has 0 aliphatic heterocycles. The van der Waals surface area contributed by atoms with Crippen molar-refractivity contribution < 1.29 is 14.7 Å². The SMILES string of the molecule is CC1CCCC1C(=O)NCc1cn(CC(=O)O)nn1. The summed E-state index contributed by atoms with van der Waals surface area (Å²) < 4.78 is 1.24. The van der Waals surface area contributed by atoms with Crippen LogP contribution in [0.4, 0.5) is 0 Å². The zero-order valence-electron chi connectivity index (χ0n) is 10.9. The number of nitrogens with zero attached hydrogens (tertiary/aromatic N) is 3. The summed E-state index contributed by atoms with van der Waals surface area (Å²) in [4.78, 5) is 22.4. The van der Waals surface area contributed by atoms with Crippen LogP contribution in [0.2, 0.25) is 0 Å². The molecular formula is C12H18N4O3. The second kappa shape index (κ2) is 5.81. The normalized spacial score (nSPS) is 22.4. The van der Waals surface area contributed by atoms with Gasteiger partial charge in [-0.3, -0.25) is 9.59 Å². The zero-order valence-corrected chi connectivity index (χ0v) is 10.9. The van der Waals surface area contributed by atoms with E-state index in [1.165, 1.54) is 10.9 Å². The van der Waals surface area contributed by atoms with Gasteiger partial charge in [0.2, 0.25) is 5.91 Å². The molecule has 7 nitrogen and oxygen atoms in total. The number of carbonyl (C=O) groups is 2. The molecule has 1 amide bonds. The molecule has 104 valence electrons. The fourth-order valence-corrected chi connectivity index (χ4v) is 2.48. The van der Waals surface area contributed by atoms with Crippen LogP contribution in [0.1, 0.15) is 31.9 Å². The molecule has 2 atom stereocenters. The molecular weight excluding hydrogens is 248 g/mol. The van der Waals surface area contributed by atoms with E-state index in [1.54, 1.807) is 0 Å². The molecule has 2 N–H and O–H groups in total. The highest BCUT2D eigenvalue weighted by atomic mass is 16.4. The molecule has 1 aromatic heterocycles. The van der Waals surface area contributed by atoms with Crippen molar-refractivity contribution in [2.75, 3.05) is 0 Å². The fourth-order valence-electron chi connectivity index (χ4n) is 2.48. The third-order valence-electron chi connectivity index (χ3n) is 3.53. The number of nitrogens with one attached hydrogen (secondary N) is 1. The summed E-state index contributed by atoms with van der Waals surface area (Å²) in [5, 5.41) is 18.9. The first-order valence-electron chi connectivity index (χ1n) is 6.45. The molecule has 19 heavy (non-hydrogen) atoms. The Kier molecular flexibility index (Phi) is 4.13. The highest BCUT2D eigenvalue weighted by Crippen LogP contribution is 2.31. The lowest BCUT2D eigenvalue weighted by Gasteiger charge is -2.14. The smallest absolute Gasteiger partial charge is 0.325 e. The maximum absolute atomic E-state index is 12.0. The maximum Gasteiger partial charge on any atom is 0.325 e. The van der Waals surface area contributed by atoms with E-state index in [0.717, 1.165) is 19.3 Å². The van der Waals surface area contributed by atoms with E-state index in [9.17, 15) is 9.59 Å². The Morgan fingerprint density at radius 3 is 2.95 bits per heavy atom. The quantitative estimate of drug-likeness (QED) is 0.804. The average Bonchev–Trinajstić information content (AvgIpc) is 2.94. The van der Waals surface area contributed by atoms with Gasteiger partial charge in [-0.05, 0) is 18.8 Å². The highest BCUT2D eigenvalue weighted by Gasteiger charge is 2.29. The van der Waals surface area contributed by atoms with Crippen LogP contribution < -0.4 is 5.32 Å². The molecule has 2 rings (SSSR count). The largest absolute Gasteiger partial charge is 0.480 e. The minimum Gasteiger partial charge on any atom is -0.480 e. The summed E-state index contributed by atoms with van der Waals surface area (Å²) >= 11 is 0.